The number of amides is 1. The molecule has 1 saturated carbocycles. The molecule has 2 aliphatic heterocycles. The van der Waals surface area contributed by atoms with Crippen molar-refractivity contribution in [3.05, 3.63) is 35.9 Å². The average Bonchev–Trinajstić information content (AvgIpc) is 2.72. The number of carbonyl (C=O) groups is 1. The molecule has 1 aromatic carbocycles. The summed E-state index contributed by atoms with van der Waals surface area (Å²) in [6.45, 7) is 0.597. The normalized spacial score (nSPS) is 33.1. The number of amidine groups is 1. The second-order valence-corrected chi connectivity index (χ2v) is 5.13. The zero-order valence-corrected chi connectivity index (χ0v) is 9.95. The van der Waals surface area contributed by atoms with Gasteiger partial charge in [-0.3, -0.25) is 4.79 Å². The number of rotatable bonds is 1. The van der Waals surface area contributed by atoms with E-state index in [1.165, 1.54) is 5.56 Å². The van der Waals surface area contributed by atoms with Crippen molar-refractivity contribution in [3.8, 4) is 0 Å². The number of benzene rings is 1. The van der Waals surface area contributed by atoms with Gasteiger partial charge in [-0.1, -0.05) is 30.3 Å². The van der Waals surface area contributed by atoms with Crippen LogP contribution < -0.4 is 0 Å². The molecule has 2 fully saturated rings. The zero-order chi connectivity index (χ0) is 12.1. The Balaban J connectivity index is 1.73. The maximum Gasteiger partial charge on any atom is 0.296 e. The average molecular weight is 242 g/mol. The molecule has 1 saturated heterocycles. The predicted octanol–water partition coefficient (Wildman–Crippen LogP) is 1.73. The summed E-state index contributed by atoms with van der Waals surface area (Å²) >= 11 is 0. The van der Waals surface area contributed by atoms with Crippen molar-refractivity contribution in [1.82, 2.24) is 4.90 Å². The van der Waals surface area contributed by atoms with Crippen LogP contribution in [0.1, 0.15) is 24.4 Å². The molecule has 3 aliphatic rings. The highest BCUT2D eigenvalue weighted by Gasteiger charge is 2.51. The molecule has 0 radical (unpaired) electrons. The van der Waals surface area contributed by atoms with Crippen LogP contribution in [0.5, 0.6) is 0 Å². The van der Waals surface area contributed by atoms with Crippen LogP contribution in [0, 0.1) is 5.92 Å². The van der Waals surface area contributed by atoms with Gasteiger partial charge in [0.15, 0.2) is 0 Å². The van der Waals surface area contributed by atoms with Crippen molar-refractivity contribution in [3.63, 3.8) is 0 Å². The highest BCUT2D eigenvalue weighted by Crippen LogP contribution is 2.43. The predicted molar refractivity (Wildman–Crippen MR) is 65.9 cm³/mol. The highest BCUT2D eigenvalue weighted by molar-refractivity contribution is 5.96. The Bertz CT molecular complexity index is 526. The maximum absolute atomic E-state index is 11.7. The summed E-state index contributed by atoms with van der Waals surface area (Å²) in [5, 5.41) is 0. The minimum Gasteiger partial charge on any atom is -0.462 e. The minimum absolute atomic E-state index is 0.00575. The number of nitrogens with zero attached hydrogens (tertiary/aromatic N) is 2. The van der Waals surface area contributed by atoms with E-state index in [1.807, 2.05) is 18.2 Å². The molecule has 1 aliphatic carbocycles. The topological polar surface area (TPSA) is 41.9 Å². The van der Waals surface area contributed by atoms with Gasteiger partial charge in [0.05, 0.1) is 12.0 Å². The van der Waals surface area contributed by atoms with Gasteiger partial charge < -0.3 is 9.64 Å². The summed E-state index contributed by atoms with van der Waals surface area (Å²) in [4.78, 5) is 18.0. The number of hydrogen-bond donors (Lipinski definition) is 0. The van der Waals surface area contributed by atoms with Gasteiger partial charge in [0.1, 0.15) is 6.61 Å². The quantitative estimate of drug-likeness (QED) is 0.753. The standard InChI is InChI=1S/C14H14N2O2/c17-13-10-6-7-11(10)16-12(8-18-14(16)15-13)9-4-2-1-3-5-9/h1-5,10-12H,6-8H2/t10-,11+,12+/m1/s1. The van der Waals surface area contributed by atoms with Gasteiger partial charge in [-0.15, -0.1) is 0 Å². The number of hydrogen-bond acceptors (Lipinski definition) is 3. The fourth-order valence-electron chi connectivity index (χ4n) is 3.12. The molecule has 2 heterocycles. The molecule has 4 heteroatoms. The van der Waals surface area contributed by atoms with Crippen LogP contribution in [-0.4, -0.2) is 29.5 Å². The molecule has 1 amide bonds. The van der Waals surface area contributed by atoms with Gasteiger partial charge in [-0.25, -0.2) is 0 Å². The summed E-state index contributed by atoms with van der Waals surface area (Å²) < 4.78 is 5.60. The SMILES string of the molecule is O=C1N=C2OC[C@@H](c3ccccc3)N2[C@H]2CC[C@@H]12. The third-order valence-corrected chi connectivity index (χ3v) is 4.23. The van der Waals surface area contributed by atoms with Crippen LogP contribution in [0.3, 0.4) is 0 Å². The smallest absolute Gasteiger partial charge is 0.296 e. The van der Waals surface area contributed by atoms with Crippen molar-refractivity contribution < 1.29 is 9.53 Å². The van der Waals surface area contributed by atoms with Crippen LogP contribution >= 0.6 is 0 Å². The van der Waals surface area contributed by atoms with E-state index in [-0.39, 0.29) is 17.9 Å². The van der Waals surface area contributed by atoms with Crippen molar-refractivity contribution in [1.29, 1.82) is 0 Å². The monoisotopic (exact) mass is 242 g/mol. The Labute approximate surface area is 105 Å². The van der Waals surface area contributed by atoms with Crippen LogP contribution in [0.25, 0.3) is 0 Å². The molecule has 4 nitrogen and oxygen atoms in total. The first kappa shape index (κ1) is 10.1. The summed E-state index contributed by atoms with van der Waals surface area (Å²) in [7, 11) is 0. The molecule has 0 N–H and O–H groups in total. The highest BCUT2D eigenvalue weighted by atomic mass is 16.5. The molecular weight excluding hydrogens is 228 g/mol. The van der Waals surface area contributed by atoms with Crippen molar-refractivity contribution in [2.75, 3.05) is 6.61 Å². The van der Waals surface area contributed by atoms with E-state index in [9.17, 15) is 4.79 Å². The van der Waals surface area contributed by atoms with Gasteiger partial charge in [0.25, 0.3) is 11.9 Å². The molecular formula is C14H14N2O2. The second kappa shape index (κ2) is 3.57. The van der Waals surface area contributed by atoms with Gasteiger partial charge in [-0.2, -0.15) is 4.99 Å². The molecule has 0 unspecified atom stereocenters. The lowest BCUT2D eigenvalue weighted by Gasteiger charge is -2.45. The van der Waals surface area contributed by atoms with Crippen LogP contribution in [-0.2, 0) is 9.53 Å². The van der Waals surface area contributed by atoms with Crippen molar-refractivity contribution in [2.24, 2.45) is 10.9 Å². The van der Waals surface area contributed by atoms with Crippen molar-refractivity contribution >= 4 is 11.9 Å². The van der Waals surface area contributed by atoms with Crippen LogP contribution in [0.4, 0.5) is 0 Å². The van der Waals surface area contributed by atoms with E-state index in [4.69, 9.17) is 4.74 Å². The van der Waals surface area contributed by atoms with Gasteiger partial charge >= 0.3 is 0 Å². The Kier molecular flexibility index (Phi) is 2.01. The minimum atomic E-state index is 0.00575. The third kappa shape index (κ3) is 1.26. The Morgan fingerprint density at radius 1 is 1.22 bits per heavy atom. The largest absolute Gasteiger partial charge is 0.462 e. The van der Waals surface area contributed by atoms with E-state index in [2.05, 4.69) is 22.0 Å². The Morgan fingerprint density at radius 3 is 2.78 bits per heavy atom. The maximum atomic E-state index is 11.7. The number of fused-ring (bicyclic) bond motifs is 3. The zero-order valence-electron chi connectivity index (χ0n) is 9.95. The molecule has 3 atom stereocenters. The molecule has 18 heavy (non-hydrogen) atoms. The molecule has 0 spiro atoms. The first-order chi connectivity index (χ1) is 8.84. The van der Waals surface area contributed by atoms with Crippen LogP contribution in [0.15, 0.2) is 35.3 Å². The Hall–Kier alpha value is -1.84. The summed E-state index contributed by atoms with van der Waals surface area (Å²) in [6.07, 6.45) is 2.04. The number of ether oxygens (including phenoxy) is 1. The molecule has 0 bridgehead atoms. The van der Waals surface area contributed by atoms with E-state index in [1.54, 1.807) is 0 Å². The van der Waals surface area contributed by atoms with Gasteiger partial charge in [0, 0.05) is 6.04 Å². The number of carbonyl (C=O) groups excluding carboxylic acids is 1. The fraction of sp³-hybridized carbons (Fsp3) is 0.429. The molecule has 4 rings (SSSR count). The summed E-state index contributed by atoms with van der Waals surface area (Å²) in [5.74, 6) is 0.105. The lowest BCUT2D eigenvalue weighted by Crippen LogP contribution is -2.54. The second-order valence-electron chi connectivity index (χ2n) is 5.13. The molecule has 0 aromatic heterocycles. The lowest BCUT2D eigenvalue weighted by molar-refractivity contribution is -0.128. The number of aliphatic imine (C=N–C) groups is 1. The Morgan fingerprint density at radius 2 is 2.06 bits per heavy atom. The van der Waals surface area contributed by atoms with Gasteiger partial charge in [0.2, 0.25) is 0 Å². The van der Waals surface area contributed by atoms with E-state index < -0.39 is 0 Å². The third-order valence-electron chi connectivity index (χ3n) is 4.23. The fourth-order valence-corrected chi connectivity index (χ4v) is 3.12. The summed E-state index contributed by atoms with van der Waals surface area (Å²) in [6, 6.07) is 11.4. The molecule has 92 valence electrons. The summed E-state index contributed by atoms with van der Waals surface area (Å²) in [5.41, 5.74) is 1.24. The van der Waals surface area contributed by atoms with E-state index >= 15 is 0 Å². The van der Waals surface area contributed by atoms with Crippen molar-refractivity contribution in [2.45, 2.75) is 24.9 Å². The van der Waals surface area contributed by atoms with E-state index in [0.717, 1.165) is 12.8 Å². The van der Waals surface area contributed by atoms with Crippen LogP contribution in [0.2, 0.25) is 0 Å². The lowest BCUT2D eigenvalue weighted by atomic mass is 9.76. The first-order valence-corrected chi connectivity index (χ1v) is 6.43. The first-order valence-electron chi connectivity index (χ1n) is 6.43. The molecule has 1 aromatic rings. The van der Waals surface area contributed by atoms with E-state index in [0.29, 0.717) is 18.7 Å². The van der Waals surface area contributed by atoms with Gasteiger partial charge in [-0.05, 0) is 18.4 Å².